The zero-order valence-electron chi connectivity index (χ0n) is 59.4. The summed E-state index contributed by atoms with van der Waals surface area (Å²) in [5.41, 5.74) is 0. The van der Waals surface area contributed by atoms with Gasteiger partial charge in [0.1, 0.15) is 170 Å². The molecule has 2 amide bonds. The van der Waals surface area contributed by atoms with Gasteiger partial charge in [-0.15, -0.1) is 0 Å². The van der Waals surface area contributed by atoms with Crippen molar-refractivity contribution >= 4 is 72.2 Å². The number of ketones is 2. The van der Waals surface area contributed by atoms with Crippen molar-refractivity contribution in [3.05, 3.63) is 0 Å². The van der Waals surface area contributed by atoms with Crippen LogP contribution in [0.25, 0.3) is 0 Å². The van der Waals surface area contributed by atoms with Crippen LogP contribution in [0.2, 0.25) is 0 Å². The zero-order chi connectivity index (χ0) is 79.7. The molecule has 14 unspecified atom stereocenters. The number of nitrogens with one attached hydrogen (secondary N) is 3. The fraction of sp³-hybridized carbons (Fsp3) is 0.937. The third-order valence-electron chi connectivity index (χ3n) is 19.4. The highest BCUT2D eigenvalue weighted by atomic mass is 32.2. The number of carbonyl (C=O) groups excluding carboxylic acids is 4. The maximum absolute atomic E-state index is 13.7. The van der Waals surface area contributed by atoms with Crippen LogP contribution in [0.3, 0.4) is 0 Å². The number of aliphatic hydroxyl groups is 19. The summed E-state index contributed by atoms with van der Waals surface area (Å²) in [6, 6.07) is -0.860. The van der Waals surface area contributed by atoms with Gasteiger partial charge in [-0.1, -0.05) is 0 Å². The lowest BCUT2D eigenvalue weighted by molar-refractivity contribution is -0.395. The summed E-state index contributed by atoms with van der Waals surface area (Å²) in [6.07, 6.45) is -72.0. The van der Waals surface area contributed by atoms with Gasteiger partial charge in [-0.2, -0.15) is 48.8 Å². The molecule has 46 heteroatoms. The van der Waals surface area contributed by atoms with Crippen molar-refractivity contribution in [2.75, 3.05) is 114 Å². The van der Waals surface area contributed by atoms with Crippen molar-refractivity contribution in [3.63, 3.8) is 0 Å². The van der Waals surface area contributed by atoms with Crippen LogP contribution in [0.4, 0.5) is 0 Å². The van der Waals surface area contributed by atoms with Crippen LogP contribution in [0.15, 0.2) is 0 Å². The van der Waals surface area contributed by atoms with E-state index in [0.29, 0.717) is 5.75 Å². The molecule has 0 aliphatic carbocycles. The van der Waals surface area contributed by atoms with E-state index in [1.165, 1.54) is 14.0 Å². The van der Waals surface area contributed by atoms with Crippen LogP contribution in [0.1, 0.15) is 26.2 Å². The zero-order valence-corrected chi connectivity index (χ0v) is 62.8. The molecule has 21 aliphatic heterocycles. The average Bonchev–Trinajstić information content (AvgIpc) is 0.804. The minimum Gasteiger partial charge on any atom is -0.394 e. The van der Waals surface area contributed by atoms with Gasteiger partial charge in [0.05, 0.1) is 83.6 Å². The number of hydrogen-bond acceptors (Lipinski definition) is 44. The number of thiol groups is 2. The Hall–Kier alpha value is -1.76. The monoisotopic (exact) mass is 1660 g/mol. The predicted molar refractivity (Wildman–Crippen MR) is 370 cm³/mol. The molecule has 21 saturated heterocycles. The fourth-order valence-corrected chi connectivity index (χ4v) is 15.9. The maximum Gasteiger partial charge on any atom is 0.238 e. The van der Waals surface area contributed by atoms with Crippen LogP contribution >= 0.6 is 48.8 Å². The number of ether oxygens (including phenoxy) is 16. The third-order valence-corrected chi connectivity index (χ3v) is 22.2. The van der Waals surface area contributed by atoms with Crippen LogP contribution in [-0.4, -0.2) is 456 Å². The van der Waals surface area contributed by atoms with E-state index >= 15 is 0 Å². The Morgan fingerprint density at radius 2 is 0.633 bits per heavy atom. The highest BCUT2D eigenvalue weighted by molar-refractivity contribution is 7.99. The molecule has 109 heavy (non-hydrogen) atoms. The maximum atomic E-state index is 13.7. The van der Waals surface area contributed by atoms with Gasteiger partial charge in [0.2, 0.25) is 11.8 Å². The lowest BCUT2D eigenvalue weighted by Crippen LogP contribution is -2.68. The van der Waals surface area contributed by atoms with Gasteiger partial charge in [-0.3, -0.25) is 19.2 Å². The minimum absolute atomic E-state index is 0.0103. The molecule has 0 aromatic carbocycles. The lowest BCUT2D eigenvalue weighted by Gasteiger charge is -2.50. The molecule has 14 bridgehead atoms. The number of amides is 2. The molecule has 21 rings (SSSR count). The van der Waals surface area contributed by atoms with Gasteiger partial charge in [-0.25, -0.2) is 0 Å². The standard InChI is InChI=1S/C63H107N3O39S4/c1-23(72)3-7-90-9-10-91-8-4-25(73)13-24(55(88)65-5-11-106)19-108-21-32-53-39(79)46(86)62(97-32)102-51-30(17-70)93-59(42(82)35(51)75)101-50-29(16-69)96-61(45(85)38(50)78)105-54-33(22-109-20-26(64-2)56(89)66-6-12-107)98-63(47(87)40(54)80)103-52-31(18-71)94-58(43(83)36(52)76)99-48-27(14-67)92-57(41(81)34(48)74)100-49-28(15-68)95-60(104-53)44(84)37(49)77/h24,26-54,57-64,67-71,74-87,106-107H,3-22H2,1-2H3,(H,65,88)(H,66,89)/t24-,26-,27?,28?,29?,30?,31?,32?,33?,34-,35-,36-,37-,38-,39-,40-,41?,42?,43?,44?,45?,46?,47?,48-,49-,50-,51-,52+,53+,54-,57-,58-,59+,60-,61+,62-,63+/m1/s1. The van der Waals surface area contributed by atoms with Gasteiger partial charge in [0.15, 0.2) is 44.0 Å². The third kappa shape index (κ3) is 23.6. The summed E-state index contributed by atoms with van der Waals surface area (Å²) >= 11 is 10.2. The normalized spacial score (nSPS) is 43.0. The summed E-state index contributed by atoms with van der Waals surface area (Å²) in [4.78, 5) is 51.3. The molecule has 632 valence electrons. The van der Waals surface area contributed by atoms with Gasteiger partial charge in [0.25, 0.3) is 0 Å². The highest BCUT2D eigenvalue weighted by Gasteiger charge is 2.60. The topological polar surface area (TPSA) is 636 Å². The lowest BCUT2D eigenvalue weighted by atomic mass is 9.95. The van der Waals surface area contributed by atoms with Crippen LogP contribution in [-0.2, 0) is 95.0 Å². The Morgan fingerprint density at radius 3 is 0.908 bits per heavy atom. The van der Waals surface area contributed by atoms with Gasteiger partial charge in [0, 0.05) is 66.9 Å². The van der Waals surface area contributed by atoms with E-state index in [1.54, 1.807) is 0 Å². The number of aliphatic hydroxyl groups excluding tert-OH is 19. The molecule has 42 nitrogen and oxygen atoms in total. The molecule has 0 radical (unpaired) electrons. The molecule has 21 fully saturated rings. The molecule has 0 spiro atoms. The second-order valence-electron chi connectivity index (χ2n) is 27.1. The number of thioether (sulfide) groups is 2. The van der Waals surface area contributed by atoms with Crippen molar-refractivity contribution in [2.45, 2.75) is 247 Å². The Bertz CT molecular complexity index is 2740. The largest absolute Gasteiger partial charge is 0.394 e. The summed E-state index contributed by atoms with van der Waals surface area (Å²) < 4.78 is 94.6. The fourth-order valence-electron chi connectivity index (χ4n) is 13.3. The van der Waals surface area contributed by atoms with E-state index in [9.17, 15) is 116 Å². The van der Waals surface area contributed by atoms with E-state index in [2.05, 4.69) is 41.2 Å². The van der Waals surface area contributed by atoms with Gasteiger partial charge >= 0.3 is 0 Å². The first-order chi connectivity index (χ1) is 52.1. The molecule has 0 saturated carbocycles. The second kappa shape index (κ2) is 44.7. The van der Waals surface area contributed by atoms with Crippen molar-refractivity contribution in [2.24, 2.45) is 5.92 Å². The summed E-state index contributed by atoms with van der Waals surface area (Å²) in [6.45, 7) is -3.37. The first-order valence-corrected chi connectivity index (χ1v) is 39.2. The van der Waals surface area contributed by atoms with Crippen molar-refractivity contribution in [3.8, 4) is 0 Å². The number of likely N-dealkylation sites (N-methyl/N-ethyl adjacent to an activating group) is 1. The molecule has 37 atom stereocenters. The second-order valence-corrected chi connectivity index (χ2v) is 30.1. The molecular formula is C63H107N3O39S4. The Balaban J connectivity index is 1.09. The van der Waals surface area contributed by atoms with Crippen molar-refractivity contribution in [1.82, 2.24) is 16.0 Å². The molecular weight excluding hydrogens is 1550 g/mol. The van der Waals surface area contributed by atoms with Gasteiger partial charge in [-0.05, 0) is 14.0 Å². The number of rotatable bonds is 31. The first-order valence-electron chi connectivity index (χ1n) is 35.6. The van der Waals surface area contributed by atoms with E-state index < -0.39 is 278 Å². The highest BCUT2D eigenvalue weighted by Crippen LogP contribution is 2.40. The Kier molecular flexibility index (Phi) is 38.0. The SMILES string of the molecule is CN[C@H](CSCC1O[C@H]2O[C@H]3C(CO)O[C@H](O[C@@H]4C(CO)O[C@H](O[C@@H]5C(CO)O[C@H](O[C@H]6C(CSC[C@@H](CC(=O)CCOCCOCCC(C)=O)C(=O)NCCS)O[C@H](O[C@@H]7C(CO)O[C@@H](O[C@@H]8C(CO)O[C@@H](O[C@H]1[C@H](O)C2O)C(O)[C@H]8O)C(O)[C@H]7O)C(O)[C@H]6O)C(O)[C@H]5O)C(O)[C@H]4O)C(O)[C@H]3O)C(=O)NCCS. The smallest absolute Gasteiger partial charge is 0.238 e. The number of carbonyl (C=O) groups is 4. The van der Waals surface area contributed by atoms with Crippen molar-refractivity contribution < 1.29 is 192 Å². The summed E-state index contributed by atoms with van der Waals surface area (Å²) in [5.74, 6) is -2.89. The molecule has 21 aliphatic rings. The Morgan fingerprint density at radius 1 is 0.367 bits per heavy atom. The summed E-state index contributed by atoms with van der Waals surface area (Å²) in [7, 11) is 1.50. The van der Waals surface area contributed by atoms with Crippen LogP contribution in [0.5, 0.6) is 0 Å². The van der Waals surface area contributed by atoms with E-state index in [1.807, 2.05) is 0 Å². The van der Waals surface area contributed by atoms with Crippen LogP contribution in [0, 0.1) is 5.92 Å². The van der Waals surface area contributed by atoms with Gasteiger partial charge < -0.3 is 189 Å². The molecule has 0 aromatic rings. The quantitative estimate of drug-likeness (QED) is 0.0226. The molecule has 0 aromatic heterocycles. The summed E-state index contributed by atoms with van der Waals surface area (Å²) in [5, 5.41) is 227. The molecule has 22 N–H and O–H groups in total. The number of hydrogen-bond donors (Lipinski definition) is 24. The van der Waals surface area contributed by atoms with E-state index in [4.69, 9.17) is 75.8 Å². The van der Waals surface area contributed by atoms with Crippen molar-refractivity contribution in [1.29, 1.82) is 0 Å². The average molecular weight is 1660 g/mol. The molecule has 21 heterocycles. The Labute approximate surface area is 644 Å². The predicted octanol–water partition coefficient (Wildman–Crippen LogP) is -13.1. The number of Topliss-reactive ketones (excluding diaryl/α,β-unsaturated/α-hetero) is 2. The first kappa shape index (κ1) is 92.7. The van der Waals surface area contributed by atoms with E-state index in [0.717, 1.165) is 23.5 Å². The van der Waals surface area contributed by atoms with E-state index in [-0.39, 0.29) is 93.3 Å². The van der Waals surface area contributed by atoms with Crippen LogP contribution < -0.4 is 16.0 Å². The minimum atomic E-state index is -2.29.